The van der Waals surface area contributed by atoms with Gasteiger partial charge in [-0.3, -0.25) is 14.5 Å². The summed E-state index contributed by atoms with van der Waals surface area (Å²) in [5.41, 5.74) is 1.79. The van der Waals surface area contributed by atoms with Crippen molar-refractivity contribution in [2.75, 3.05) is 19.6 Å². The third kappa shape index (κ3) is 5.29. The van der Waals surface area contributed by atoms with Crippen LogP contribution in [0.3, 0.4) is 0 Å². The Balaban J connectivity index is 2.08. The Morgan fingerprint density at radius 3 is 2.40 bits per heavy atom. The second-order valence-corrected chi connectivity index (χ2v) is 6.16. The standard InChI is InChI=1S/C20H27N3O2/c1-4-23(5-2)17(13-16-9-7-6-8-10-16)14-21-19(24)18-12-11-15(3)22-20(18)25/h6-12,17H,4-5,13-14H2,1-3H3,(H,21,24)(H,22,25)/t17-/m1/s1. The lowest BCUT2D eigenvalue weighted by Gasteiger charge is -2.30. The van der Waals surface area contributed by atoms with Gasteiger partial charge in [0.15, 0.2) is 0 Å². The largest absolute Gasteiger partial charge is 0.350 e. The number of amides is 1. The van der Waals surface area contributed by atoms with E-state index in [4.69, 9.17) is 0 Å². The SMILES string of the molecule is CCN(CC)[C@@H](CNC(=O)c1ccc(C)[nH]c1=O)Cc1ccccc1. The van der Waals surface area contributed by atoms with Crippen LogP contribution < -0.4 is 10.9 Å². The van der Waals surface area contributed by atoms with Crippen LogP contribution in [0.25, 0.3) is 0 Å². The summed E-state index contributed by atoms with van der Waals surface area (Å²) in [6.07, 6.45) is 0.854. The van der Waals surface area contributed by atoms with E-state index < -0.39 is 0 Å². The lowest BCUT2D eigenvalue weighted by atomic mass is 10.0. The second kappa shape index (κ2) is 9.18. The molecule has 0 spiro atoms. The van der Waals surface area contributed by atoms with E-state index in [0.717, 1.165) is 25.2 Å². The van der Waals surface area contributed by atoms with Crippen molar-refractivity contribution in [3.05, 3.63) is 69.6 Å². The van der Waals surface area contributed by atoms with Gasteiger partial charge < -0.3 is 10.3 Å². The van der Waals surface area contributed by atoms with Gasteiger partial charge in [0.25, 0.3) is 11.5 Å². The number of hydrogen-bond acceptors (Lipinski definition) is 3. The van der Waals surface area contributed by atoms with Crippen LogP contribution in [0.4, 0.5) is 0 Å². The molecule has 0 saturated carbocycles. The van der Waals surface area contributed by atoms with Crippen LogP contribution >= 0.6 is 0 Å². The molecule has 1 heterocycles. The number of H-pyrrole nitrogens is 1. The zero-order chi connectivity index (χ0) is 18.2. The fourth-order valence-electron chi connectivity index (χ4n) is 3.01. The molecule has 0 saturated heterocycles. The van der Waals surface area contributed by atoms with E-state index in [1.165, 1.54) is 5.56 Å². The van der Waals surface area contributed by atoms with E-state index in [0.29, 0.717) is 6.54 Å². The van der Waals surface area contributed by atoms with Gasteiger partial charge in [0.2, 0.25) is 0 Å². The molecule has 0 unspecified atom stereocenters. The number of aryl methyl sites for hydroxylation is 1. The summed E-state index contributed by atoms with van der Waals surface area (Å²) in [5.74, 6) is -0.327. The lowest BCUT2D eigenvalue weighted by Crippen LogP contribution is -2.45. The molecule has 0 bridgehead atoms. The summed E-state index contributed by atoms with van der Waals surface area (Å²) < 4.78 is 0. The minimum absolute atomic E-state index is 0.156. The van der Waals surface area contributed by atoms with Crippen molar-refractivity contribution in [3.63, 3.8) is 0 Å². The quantitative estimate of drug-likeness (QED) is 0.775. The maximum Gasteiger partial charge on any atom is 0.260 e. The Bertz CT molecular complexity index is 736. The number of aromatic nitrogens is 1. The second-order valence-electron chi connectivity index (χ2n) is 6.16. The van der Waals surface area contributed by atoms with E-state index in [9.17, 15) is 9.59 Å². The smallest absolute Gasteiger partial charge is 0.260 e. The van der Waals surface area contributed by atoms with E-state index in [-0.39, 0.29) is 23.1 Å². The topological polar surface area (TPSA) is 65.2 Å². The molecule has 2 rings (SSSR count). The van der Waals surface area contributed by atoms with Crippen molar-refractivity contribution in [1.29, 1.82) is 0 Å². The van der Waals surface area contributed by atoms with Gasteiger partial charge in [-0.25, -0.2) is 0 Å². The number of pyridine rings is 1. The zero-order valence-electron chi connectivity index (χ0n) is 15.2. The summed E-state index contributed by atoms with van der Waals surface area (Å²) in [6.45, 7) is 8.36. The Morgan fingerprint density at radius 2 is 1.80 bits per heavy atom. The molecular formula is C20H27N3O2. The number of carbonyl (C=O) groups excluding carboxylic acids is 1. The van der Waals surface area contributed by atoms with E-state index in [1.807, 2.05) is 18.2 Å². The summed E-state index contributed by atoms with van der Waals surface area (Å²) in [5, 5.41) is 2.93. The first-order valence-electron chi connectivity index (χ1n) is 8.81. The van der Waals surface area contributed by atoms with Crippen LogP contribution in [-0.4, -0.2) is 41.5 Å². The van der Waals surface area contributed by atoms with Gasteiger partial charge >= 0.3 is 0 Å². The Morgan fingerprint density at radius 1 is 1.12 bits per heavy atom. The monoisotopic (exact) mass is 341 g/mol. The highest BCUT2D eigenvalue weighted by Crippen LogP contribution is 2.09. The number of nitrogens with zero attached hydrogens (tertiary/aromatic N) is 1. The highest BCUT2D eigenvalue weighted by atomic mass is 16.2. The van der Waals surface area contributed by atoms with Crippen LogP contribution in [0.5, 0.6) is 0 Å². The molecular weight excluding hydrogens is 314 g/mol. The predicted octanol–water partition coefficient (Wildman–Crippen LogP) is 2.37. The minimum Gasteiger partial charge on any atom is -0.350 e. The zero-order valence-corrected chi connectivity index (χ0v) is 15.2. The molecule has 2 aromatic rings. The molecule has 0 fully saturated rings. The highest BCUT2D eigenvalue weighted by Gasteiger charge is 2.18. The fourth-order valence-corrected chi connectivity index (χ4v) is 3.01. The van der Waals surface area contributed by atoms with Gasteiger partial charge in [0.1, 0.15) is 5.56 Å². The number of rotatable bonds is 8. The van der Waals surface area contributed by atoms with Crippen molar-refractivity contribution < 1.29 is 4.79 Å². The average Bonchev–Trinajstić information content (AvgIpc) is 2.61. The maximum atomic E-state index is 12.4. The molecule has 1 aromatic heterocycles. The van der Waals surface area contributed by atoms with Crippen molar-refractivity contribution in [3.8, 4) is 0 Å². The minimum atomic E-state index is -0.347. The fraction of sp³-hybridized carbons (Fsp3) is 0.400. The molecule has 134 valence electrons. The van der Waals surface area contributed by atoms with Crippen LogP contribution in [0, 0.1) is 6.92 Å². The molecule has 1 atom stereocenters. The Hall–Kier alpha value is -2.40. The molecule has 2 N–H and O–H groups in total. The molecule has 5 nitrogen and oxygen atoms in total. The third-order valence-electron chi connectivity index (χ3n) is 4.44. The molecule has 1 aromatic carbocycles. The lowest BCUT2D eigenvalue weighted by molar-refractivity contribution is 0.0933. The normalized spacial score (nSPS) is 12.2. The van der Waals surface area contributed by atoms with Crippen molar-refractivity contribution in [2.45, 2.75) is 33.2 Å². The van der Waals surface area contributed by atoms with Crippen molar-refractivity contribution >= 4 is 5.91 Å². The molecule has 0 radical (unpaired) electrons. The maximum absolute atomic E-state index is 12.4. The van der Waals surface area contributed by atoms with E-state index in [2.05, 4.69) is 41.2 Å². The van der Waals surface area contributed by atoms with Gasteiger partial charge in [-0.2, -0.15) is 0 Å². The van der Waals surface area contributed by atoms with Crippen LogP contribution in [0.1, 0.15) is 35.5 Å². The first-order chi connectivity index (χ1) is 12.0. The Kier molecular flexibility index (Phi) is 6.95. The van der Waals surface area contributed by atoms with E-state index in [1.54, 1.807) is 19.1 Å². The third-order valence-corrected chi connectivity index (χ3v) is 4.44. The molecule has 5 heteroatoms. The number of benzene rings is 1. The average molecular weight is 341 g/mol. The number of nitrogens with one attached hydrogen (secondary N) is 2. The van der Waals surface area contributed by atoms with Crippen molar-refractivity contribution in [1.82, 2.24) is 15.2 Å². The van der Waals surface area contributed by atoms with Gasteiger partial charge in [-0.05, 0) is 44.1 Å². The number of hydrogen-bond donors (Lipinski definition) is 2. The summed E-state index contributed by atoms with van der Waals surface area (Å²) in [4.78, 5) is 29.3. The van der Waals surface area contributed by atoms with Gasteiger partial charge in [-0.15, -0.1) is 0 Å². The van der Waals surface area contributed by atoms with Crippen LogP contribution in [-0.2, 0) is 6.42 Å². The van der Waals surface area contributed by atoms with E-state index >= 15 is 0 Å². The summed E-state index contributed by atoms with van der Waals surface area (Å²) >= 11 is 0. The predicted molar refractivity (Wildman–Crippen MR) is 101 cm³/mol. The molecule has 25 heavy (non-hydrogen) atoms. The van der Waals surface area contributed by atoms with Crippen molar-refractivity contribution in [2.24, 2.45) is 0 Å². The van der Waals surface area contributed by atoms with Gasteiger partial charge in [0, 0.05) is 18.3 Å². The summed E-state index contributed by atoms with van der Waals surface area (Å²) in [7, 11) is 0. The van der Waals surface area contributed by atoms with Crippen LogP contribution in [0.15, 0.2) is 47.3 Å². The van der Waals surface area contributed by atoms with Gasteiger partial charge in [0.05, 0.1) is 0 Å². The number of carbonyl (C=O) groups is 1. The number of aromatic amines is 1. The number of likely N-dealkylation sites (N-methyl/N-ethyl adjacent to an activating group) is 1. The first-order valence-corrected chi connectivity index (χ1v) is 8.81. The molecule has 0 aliphatic rings. The molecule has 1 amide bonds. The van der Waals surface area contributed by atoms with Gasteiger partial charge in [-0.1, -0.05) is 44.2 Å². The molecule has 0 aliphatic heterocycles. The summed E-state index contributed by atoms with van der Waals surface area (Å²) in [6, 6.07) is 13.8. The highest BCUT2D eigenvalue weighted by molar-refractivity contribution is 5.93. The van der Waals surface area contributed by atoms with Crippen LogP contribution in [0.2, 0.25) is 0 Å². The molecule has 0 aliphatic carbocycles. The first kappa shape index (κ1) is 18.9. The Labute approximate surface area is 149 Å².